The first kappa shape index (κ1) is 22.6. The zero-order valence-electron chi connectivity index (χ0n) is 21.0. The Morgan fingerprint density at radius 2 is 1.70 bits per heavy atom. The van der Waals surface area contributed by atoms with E-state index in [0.717, 1.165) is 18.3 Å². The quantitative estimate of drug-likeness (QED) is 0.338. The Balaban J connectivity index is 1.76. The second kappa shape index (κ2) is 7.21. The molecule has 4 saturated carbocycles. The number of aldehydes is 1. The van der Waals surface area contributed by atoms with Gasteiger partial charge in [-0.05, 0) is 109 Å². The van der Waals surface area contributed by atoms with E-state index < -0.39 is 0 Å². The summed E-state index contributed by atoms with van der Waals surface area (Å²) in [5.41, 5.74) is 2.95. The van der Waals surface area contributed by atoms with Crippen molar-refractivity contribution in [2.75, 3.05) is 0 Å². The van der Waals surface area contributed by atoms with Crippen LogP contribution >= 0.6 is 0 Å². The van der Waals surface area contributed by atoms with Crippen molar-refractivity contribution in [3.8, 4) is 0 Å². The lowest BCUT2D eigenvalue weighted by atomic mass is 9.33. The van der Waals surface area contributed by atoms with E-state index in [-0.39, 0.29) is 5.41 Å². The zero-order chi connectivity index (χ0) is 22.1. The second-order valence-corrected chi connectivity index (χ2v) is 13.5. The van der Waals surface area contributed by atoms with Crippen molar-refractivity contribution in [1.82, 2.24) is 0 Å². The third kappa shape index (κ3) is 2.82. The number of hydrogen-bond donors (Lipinski definition) is 0. The van der Waals surface area contributed by atoms with Gasteiger partial charge >= 0.3 is 0 Å². The van der Waals surface area contributed by atoms with Crippen LogP contribution in [-0.4, -0.2) is 6.29 Å². The number of hydrogen-bond acceptors (Lipinski definition) is 1. The summed E-state index contributed by atoms with van der Waals surface area (Å²) in [6.45, 7) is 22.3. The highest BCUT2D eigenvalue weighted by Gasteiger charge is 2.67. The summed E-state index contributed by atoms with van der Waals surface area (Å²) < 4.78 is 0. The van der Waals surface area contributed by atoms with Crippen molar-refractivity contribution in [3.63, 3.8) is 0 Å². The maximum absolute atomic E-state index is 11.9. The van der Waals surface area contributed by atoms with E-state index in [1.54, 1.807) is 0 Å². The summed E-state index contributed by atoms with van der Waals surface area (Å²) >= 11 is 0. The summed E-state index contributed by atoms with van der Waals surface area (Å²) in [5.74, 6) is 4.33. The minimum Gasteiger partial charge on any atom is -0.303 e. The molecular weight excluding hydrogens is 364 g/mol. The standard InChI is InChI=1S/C29H48O/c1-19(2)22-12-14-29(8)24(27(22,6)17-18-30)10-9-23-25-21(4)20(3)11-13-26(25,5)15-16-28(23,29)7/h18-19,21-25H,3,9-17H2,1-2,4-8H3/t21-,22+,23-,24-,25-,26-,27+,28-,29-/m1/s1. The van der Waals surface area contributed by atoms with Gasteiger partial charge in [-0.2, -0.15) is 0 Å². The van der Waals surface area contributed by atoms with Gasteiger partial charge in [0.1, 0.15) is 6.29 Å². The predicted octanol–water partition coefficient (Wildman–Crippen LogP) is 8.09. The maximum Gasteiger partial charge on any atom is 0.120 e. The molecule has 4 rings (SSSR count). The van der Waals surface area contributed by atoms with Gasteiger partial charge in [-0.25, -0.2) is 0 Å². The smallest absolute Gasteiger partial charge is 0.120 e. The lowest BCUT2D eigenvalue weighted by Crippen LogP contribution is -2.65. The lowest BCUT2D eigenvalue weighted by molar-refractivity contribution is -0.228. The van der Waals surface area contributed by atoms with Crippen LogP contribution in [0.2, 0.25) is 0 Å². The summed E-state index contributed by atoms with van der Waals surface area (Å²) in [6, 6.07) is 0. The van der Waals surface area contributed by atoms with Gasteiger partial charge in [0.05, 0.1) is 0 Å². The summed E-state index contributed by atoms with van der Waals surface area (Å²) in [4.78, 5) is 11.9. The Labute approximate surface area is 186 Å². The molecule has 0 amide bonds. The molecule has 0 N–H and O–H groups in total. The van der Waals surface area contributed by atoms with E-state index in [4.69, 9.17) is 0 Å². The molecular formula is C29H48O. The fourth-order valence-electron chi connectivity index (χ4n) is 10.3. The molecule has 0 aliphatic heterocycles. The van der Waals surface area contributed by atoms with E-state index in [1.165, 1.54) is 63.2 Å². The molecule has 1 nitrogen and oxygen atoms in total. The van der Waals surface area contributed by atoms with Crippen LogP contribution in [0.25, 0.3) is 0 Å². The second-order valence-electron chi connectivity index (χ2n) is 13.5. The van der Waals surface area contributed by atoms with E-state index in [1.807, 2.05) is 0 Å². The molecule has 0 aromatic carbocycles. The molecule has 30 heavy (non-hydrogen) atoms. The average Bonchev–Trinajstić information content (AvgIpc) is 2.66. The van der Waals surface area contributed by atoms with Gasteiger partial charge < -0.3 is 4.79 Å². The average molecular weight is 413 g/mol. The van der Waals surface area contributed by atoms with Crippen LogP contribution in [0, 0.1) is 57.2 Å². The van der Waals surface area contributed by atoms with E-state index >= 15 is 0 Å². The largest absolute Gasteiger partial charge is 0.303 e. The molecule has 0 aromatic rings. The molecule has 4 aliphatic carbocycles. The van der Waals surface area contributed by atoms with E-state index in [9.17, 15) is 4.79 Å². The monoisotopic (exact) mass is 412 g/mol. The lowest BCUT2D eigenvalue weighted by Gasteiger charge is -2.72. The predicted molar refractivity (Wildman–Crippen MR) is 127 cm³/mol. The first-order valence-corrected chi connectivity index (χ1v) is 13.1. The molecule has 0 radical (unpaired) electrons. The van der Waals surface area contributed by atoms with Gasteiger partial charge in [-0.15, -0.1) is 0 Å². The van der Waals surface area contributed by atoms with Crippen LogP contribution < -0.4 is 0 Å². The van der Waals surface area contributed by atoms with Gasteiger partial charge in [-0.1, -0.05) is 60.6 Å². The fraction of sp³-hybridized carbons (Fsp3) is 0.897. The van der Waals surface area contributed by atoms with Crippen LogP contribution in [0.3, 0.4) is 0 Å². The summed E-state index contributed by atoms with van der Waals surface area (Å²) in [5, 5.41) is 0. The van der Waals surface area contributed by atoms with Crippen LogP contribution in [0.5, 0.6) is 0 Å². The summed E-state index contributed by atoms with van der Waals surface area (Å²) in [7, 11) is 0. The molecule has 0 spiro atoms. The van der Waals surface area contributed by atoms with Crippen LogP contribution in [-0.2, 0) is 4.79 Å². The molecule has 0 bridgehead atoms. The first-order chi connectivity index (χ1) is 13.9. The number of fused-ring (bicyclic) bond motifs is 5. The Morgan fingerprint density at radius 1 is 1.00 bits per heavy atom. The van der Waals surface area contributed by atoms with Gasteiger partial charge in [0.25, 0.3) is 0 Å². The van der Waals surface area contributed by atoms with Gasteiger partial charge in [0.15, 0.2) is 0 Å². The molecule has 9 atom stereocenters. The third-order valence-corrected chi connectivity index (χ3v) is 12.3. The van der Waals surface area contributed by atoms with Gasteiger partial charge in [-0.3, -0.25) is 0 Å². The van der Waals surface area contributed by atoms with Gasteiger partial charge in [0.2, 0.25) is 0 Å². The Kier molecular flexibility index (Phi) is 5.43. The van der Waals surface area contributed by atoms with Crippen molar-refractivity contribution in [1.29, 1.82) is 0 Å². The molecule has 170 valence electrons. The van der Waals surface area contributed by atoms with Gasteiger partial charge in [0, 0.05) is 6.42 Å². The fourth-order valence-corrected chi connectivity index (χ4v) is 10.3. The molecule has 0 unspecified atom stereocenters. The van der Waals surface area contributed by atoms with E-state index in [2.05, 4.69) is 55.0 Å². The van der Waals surface area contributed by atoms with Crippen LogP contribution in [0.1, 0.15) is 106 Å². The Morgan fingerprint density at radius 3 is 2.33 bits per heavy atom. The number of allylic oxidation sites excluding steroid dienone is 1. The third-order valence-electron chi connectivity index (χ3n) is 12.3. The molecule has 0 saturated heterocycles. The van der Waals surface area contributed by atoms with E-state index in [0.29, 0.717) is 39.9 Å². The first-order valence-electron chi connectivity index (χ1n) is 13.1. The number of carbonyl (C=O) groups excluding carboxylic acids is 1. The SMILES string of the molecule is C=C1CC[C@]2(C)CC[C@]3(C)[C@H](CC[C@@H]4[C@@](C)(CC=O)[C@H](C(C)C)CC[C@]43C)[C@H]2[C@@H]1C. The number of rotatable bonds is 3. The topological polar surface area (TPSA) is 17.1 Å². The molecule has 0 aromatic heterocycles. The highest BCUT2D eigenvalue weighted by atomic mass is 16.1. The van der Waals surface area contributed by atoms with Crippen molar-refractivity contribution in [2.45, 2.75) is 106 Å². The molecule has 4 aliphatic rings. The molecule has 0 heterocycles. The van der Waals surface area contributed by atoms with Crippen molar-refractivity contribution in [3.05, 3.63) is 12.2 Å². The van der Waals surface area contributed by atoms with Crippen molar-refractivity contribution < 1.29 is 4.79 Å². The zero-order valence-corrected chi connectivity index (χ0v) is 21.0. The number of carbonyl (C=O) groups is 1. The van der Waals surface area contributed by atoms with Crippen molar-refractivity contribution >= 4 is 6.29 Å². The molecule has 1 heteroatoms. The summed E-state index contributed by atoms with van der Waals surface area (Å²) in [6.07, 6.45) is 12.7. The Hall–Kier alpha value is -0.590. The minimum atomic E-state index is 0.166. The Bertz CT molecular complexity index is 707. The highest BCUT2D eigenvalue weighted by Crippen LogP contribution is 2.75. The maximum atomic E-state index is 11.9. The highest BCUT2D eigenvalue weighted by molar-refractivity contribution is 5.51. The van der Waals surface area contributed by atoms with Crippen molar-refractivity contribution in [2.24, 2.45) is 57.2 Å². The van der Waals surface area contributed by atoms with Crippen LogP contribution in [0.4, 0.5) is 0 Å². The van der Waals surface area contributed by atoms with Crippen LogP contribution in [0.15, 0.2) is 12.2 Å². The minimum absolute atomic E-state index is 0.166. The molecule has 4 fully saturated rings. The normalized spacial score (nSPS) is 53.6.